The molecular formula is C10H8BIrN6. The van der Waals surface area contributed by atoms with E-state index in [1.54, 1.807) is 12.4 Å². The van der Waals surface area contributed by atoms with Crippen LogP contribution in [-0.4, -0.2) is 27.5 Å². The van der Waals surface area contributed by atoms with Crippen LogP contribution in [0.25, 0.3) is 0 Å². The molecule has 3 heterocycles. The molecule has 0 aromatic carbocycles. The molecule has 18 heavy (non-hydrogen) atoms. The van der Waals surface area contributed by atoms with Gasteiger partial charge in [-0.2, -0.15) is 0 Å². The molecule has 0 fully saturated rings. The second kappa shape index (κ2) is 5.70. The predicted octanol–water partition coefficient (Wildman–Crippen LogP) is 0.596. The summed E-state index contributed by atoms with van der Waals surface area (Å²) < 4.78 is 0. The summed E-state index contributed by atoms with van der Waals surface area (Å²) >= 11 is 0. The van der Waals surface area contributed by atoms with Crippen LogP contribution in [0.5, 0.6) is 0 Å². The zero-order chi connectivity index (χ0) is 11.5. The maximum Gasteiger partial charge on any atom is 0.402 e. The van der Waals surface area contributed by atoms with Crippen molar-refractivity contribution < 1.29 is 20.1 Å². The standard InChI is InChI=1S/C10H8BN6.Ir/c1-3-12-7-14-9(1)16-5-6-17(11-16)10-2-4-13-8-15-10;/h1-8H;. The van der Waals surface area contributed by atoms with Gasteiger partial charge in [-0.1, -0.05) is 0 Å². The fraction of sp³-hybridized carbons (Fsp3) is 0. The van der Waals surface area contributed by atoms with E-state index in [4.69, 9.17) is 0 Å². The number of nitrogens with zero attached hydrogens (tertiary/aromatic N) is 6. The molecule has 0 bridgehead atoms. The molecular weight excluding hydrogens is 407 g/mol. The Morgan fingerprint density at radius 2 is 1.33 bits per heavy atom. The Morgan fingerprint density at radius 3 is 1.72 bits per heavy atom. The van der Waals surface area contributed by atoms with Crippen molar-refractivity contribution in [2.24, 2.45) is 0 Å². The zero-order valence-electron chi connectivity index (χ0n) is 9.21. The van der Waals surface area contributed by atoms with Crippen molar-refractivity contribution in [1.29, 1.82) is 0 Å². The van der Waals surface area contributed by atoms with Crippen molar-refractivity contribution in [1.82, 2.24) is 19.9 Å². The maximum atomic E-state index is 4.16. The van der Waals surface area contributed by atoms with Crippen molar-refractivity contribution in [2.75, 3.05) is 9.62 Å². The van der Waals surface area contributed by atoms with Crippen LogP contribution >= 0.6 is 0 Å². The fourth-order valence-electron chi connectivity index (χ4n) is 1.50. The molecule has 2 aromatic rings. The minimum absolute atomic E-state index is 0. The summed E-state index contributed by atoms with van der Waals surface area (Å²) in [4.78, 5) is 19.9. The van der Waals surface area contributed by atoms with E-state index < -0.39 is 0 Å². The number of anilines is 2. The summed E-state index contributed by atoms with van der Waals surface area (Å²) in [6, 6.07) is 3.68. The number of rotatable bonds is 2. The van der Waals surface area contributed by atoms with Gasteiger partial charge >= 0.3 is 7.55 Å². The molecule has 0 unspecified atom stereocenters. The maximum absolute atomic E-state index is 4.16. The van der Waals surface area contributed by atoms with Gasteiger partial charge in [0.05, 0.1) is 0 Å². The third kappa shape index (κ3) is 2.55. The minimum atomic E-state index is 0. The molecule has 1 aliphatic rings. The summed E-state index contributed by atoms with van der Waals surface area (Å²) in [6.45, 7) is 0. The van der Waals surface area contributed by atoms with Crippen LogP contribution in [0.15, 0.2) is 49.6 Å². The quantitative estimate of drug-likeness (QED) is 0.670. The molecule has 1 aliphatic heterocycles. The summed E-state index contributed by atoms with van der Waals surface area (Å²) in [7, 11) is 1.89. The first-order valence-electron chi connectivity index (χ1n) is 5.05. The number of aromatic nitrogens is 4. The van der Waals surface area contributed by atoms with E-state index in [-0.39, 0.29) is 20.1 Å². The van der Waals surface area contributed by atoms with Gasteiger partial charge in [0.15, 0.2) is 0 Å². The summed E-state index contributed by atoms with van der Waals surface area (Å²) in [6.07, 6.45) is 10.3. The predicted molar refractivity (Wildman–Crippen MR) is 63.9 cm³/mol. The molecule has 8 heteroatoms. The number of hydrogen-bond donors (Lipinski definition) is 0. The van der Waals surface area contributed by atoms with Gasteiger partial charge in [0.1, 0.15) is 24.3 Å². The first-order valence-corrected chi connectivity index (χ1v) is 5.05. The molecule has 0 amide bonds. The summed E-state index contributed by atoms with van der Waals surface area (Å²) in [5, 5.41) is 0. The molecule has 2 radical (unpaired) electrons. The van der Waals surface area contributed by atoms with Crippen molar-refractivity contribution in [3.8, 4) is 0 Å². The van der Waals surface area contributed by atoms with Gasteiger partial charge in [0.2, 0.25) is 0 Å². The molecule has 0 saturated heterocycles. The topological polar surface area (TPSA) is 58.0 Å². The smallest absolute Gasteiger partial charge is 0.358 e. The monoisotopic (exact) mass is 416 g/mol. The van der Waals surface area contributed by atoms with E-state index >= 15 is 0 Å². The SMILES string of the molecule is [B]1N(c2ccncn2)C=CN1c1ccncn1.[Ir]. The van der Waals surface area contributed by atoms with E-state index in [9.17, 15) is 0 Å². The summed E-state index contributed by atoms with van der Waals surface area (Å²) in [5.41, 5.74) is 0. The Labute approximate surface area is 118 Å². The van der Waals surface area contributed by atoms with Gasteiger partial charge in [0.25, 0.3) is 0 Å². The number of hydrogen-bond acceptors (Lipinski definition) is 6. The average Bonchev–Trinajstić information content (AvgIpc) is 2.90. The molecule has 90 valence electrons. The first kappa shape index (κ1) is 12.7. The fourth-order valence-corrected chi connectivity index (χ4v) is 1.50. The van der Waals surface area contributed by atoms with E-state index in [2.05, 4.69) is 19.9 Å². The average molecular weight is 415 g/mol. The summed E-state index contributed by atoms with van der Waals surface area (Å²) in [5.74, 6) is 1.63. The van der Waals surface area contributed by atoms with Crippen molar-refractivity contribution in [2.45, 2.75) is 0 Å². The molecule has 0 aliphatic carbocycles. The van der Waals surface area contributed by atoms with Crippen LogP contribution in [0.3, 0.4) is 0 Å². The Balaban J connectivity index is 0.00000120. The van der Waals surface area contributed by atoms with Crippen LogP contribution in [0.4, 0.5) is 11.6 Å². The van der Waals surface area contributed by atoms with E-state index in [1.165, 1.54) is 12.7 Å². The van der Waals surface area contributed by atoms with Crippen molar-refractivity contribution >= 4 is 19.2 Å². The molecule has 2 aromatic heterocycles. The van der Waals surface area contributed by atoms with Crippen LogP contribution in [0.1, 0.15) is 0 Å². The normalized spacial score (nSPS) is 13.1. The third-order valence-corrected chi connectivity index (χ3v) is 2.30. The van der Waals surface area contributed by atoms with Gasteiger partial charge < -0.3 is 9.62 Å². The molecule has 0 saturated carbocycles. The minimum Gasteiger partial charge on any atom is -0.358 e. The van der Waals surface area contributed by atoms with E-state index in [0.29, 0.717) is 0 Å². The van der Waals surface area contributed by atoms with E-state index in [1.807, 2.05) is 41.7 Å². The Hall–Kier alpha value is -1.79. The molecule has 0 N–H and O–H groups in total. The third-order valence-electron chi connectivity index (χ3n) is 2.30. The second-order valence-electron chi connectivity index (χ2n) is 3.36. The molecule has 3 rings (SSSR count). The van der Waals surface area contributed by atoms with Crippen LogP contribution < -0.4 is 9.62 Å². The van der Waals surface area contributed by atoms with Crippen molar-refractivity contribution in [3.05, 3.63) is 49.6 Å². The Kier molecular flexibility index (Phi) is 4.01. The van der Waals surface area contributed by atoms with Crippen LogP contribution in [0.2, 0.25) is 0 Å². The van der Waals surface area contributed by atoms with Gasteiger partial charge in [-0.05, 0) is 12.1 Å². The first-order chi connectivity index (χ1) is 8.43. The van der Waals surface area contributed by atoms with Gasteiger partial charge in [-0.15, -0.1) is 0 Å². The van der Waals surface area contributed by atoms with Gasteiger partial charge in [-0.3, -0.25) is 0 Å². The zero-order valence-corrected chi connectivity index (χ0v) is 11.6. The van der Waals surface area contributed by atoms with Gasteiger partial charge in [-0.25, -0.2) is 19.9 Å². The second-order valence-corrected chi connectivity index (χ2v) is 3.36. The van der Waals surface area contributed by atoms with Crippen molar-refractivity contribution in [3.63, 3.8) is 0 Å². The largest absolute Gasteiger partial charge is 0.402 e. The van der Waals surface area contributed by atoms with Crippen LogP contribution in [-0.2, 0) is 20.1 Å². The van der Waals surface area contributed by atoms with Crippen LogP contribution in [0, 0.1) is 0 Å². The Bertz CT molecular complexity index is 475. The van der Waals surface area contributed by atoms with E-state index in [0.717, 1.165) is 11.6 Å². The molecule has 0 spiro atoms. The molecule has 0 atom stereocenters. The molecule has 6 nitrogen and oxygen atoms in total. The van der Waals surface area contributed by atoms with Gasteiger partial charge in [0, 0.05) is 44.9 Å². The Morgan fingerprint density at radius 1 is 0.833 bits per heavy atom.